The molecule has 2 rings (SSSR count). The van der Waals surface area contributed by atoms with Crippen molar-refractivity contribution in [1.29, 1.82) is 0 Å². The molecule has 6 heteroatoms. The number of amides is 1. The van der Waals surface area contributed by atoms with Gasteiger partial charge < -0.3 is 9.64 Å². The number of aromatic nitrogens is 2. The van der Waals surface area contributed by atoms with Crippen LogP contribution in [0.1, 0.15) is 24.2 Å². The number of hydrogen-bond acceptors (Lipinski definition) is 4. The van der Waals surface area contributed by atoms with Crippen molar-refractivity contribution in [3.63, 3.8) is 0 Å². The summed E-state index contributed by atoms with van der Waals surface area (Å²) in [6.45, 7) is 10.1. The molecule has 1 fully saturated rings. The van der Waals surface area contributed by atoms with Crippen LogP contribution in [0.15, 0.2) is 6.07 Å². The first-order valence-electron chi connectivity index (χ1n) is 8.11. The van der Waals surface area contributed by atoms with Gasteiger partial charge in [0.05, 0.1) is 18.9 Å². The number of ether oxygens (including phenoxy) is 1. The standard InChI is InChI=1S/C16H28N4O2/c1-14-13-15(2)20(17-14)6-4-5-16(21)18(3)7-8-19-9-11-22-12-10-19/h13H,4-12H2,1-3H3. The van der Waals surface area contributed by atoms with Gasteiger partial charge in [0.1, 0.15) is 0 Å². The van der Waals surface area contributed by atoms with Crippen LogP contribution in [-0.2, 0) is 16.1 Å². The van der Waals surface area contributed by atoms with Gasteiger partial charge in [-0.05, 0) is 26.3 Å². The van der Waals surface area contributed by atoms with Gasteiger partial charge in [-0.1, -0.05) is 0 Å². The van der Waals surface area contributed by atoms with Crippen molar-refractivity contribution < 1.29 is 9.53 Å². The van der Waals surface area contributed by atoms with Crippen molar-refractivity contribution in [2.45, 2.75) is 33.2 Å². The minimum absolute atomic E-state index is 0.217. The topological polar surface area (TPSA) is 50.6 Å². The van der Waals surface area contributed by atoms with E-state index in [1.165, 1.54) is 0 Å². The zero-order chi connectivity index (χ0) is 15.9. The first-order valence-corrected chi connectivity index (χ1v) is 8.11. The zero-order valence-electron chi connectivity index (χ0n) is 14.0. The van der Waals surface area contributed by atoms with E-state index in [1.54, 1.807) is 0 Å². The highest BCUT2D eigenvalue weighted by atomic mass is 16.5. The quantitative estimate of drug-likeness (QED) is 0.756. The molecule has 0 radical (unpaired) electrons. The Balaban J connectivity index is 1.64. The highest BCUT2D eigenvalue weighted by molar-refractivity contribution is 5.75. The first-order chi connectivity index (χ1) is 10.6. The van der Waals surface area contributed by atoms with Gasteiger partial charge in [0.2, 0.25) is 5.91 Å². The van der Waals surface area contributed by atoms with Gasteiger partial charge in [-0.3, -0.25) is 14.4 Å². The molecule has 0 aliphatic carbocycles. The normalized spacial score (nSPS) is 16.0. The van der Waals surface area contributed by atoms with Gasteiger partial charge >= 0.3 is 0 Å². The van der Waals surface area contributed by atoms with Crippen LogP contribution in [0.5, 0.6) is 0 Å². The second-order valence-corrected chi connectivity index (χ2v) is 6.02. The lowest BCUT2D eigenvalue weighted by Gasteiger charge is -2.28. The molecule has 2 heterocycles. The number of carbonyl (C=O) groups is 1. The van der Waals surface area contributed by atoms with Crippen molar-refractivity contribution in [2.75, 3.05) is 46.4 Å². The highest BCUT2D eigenvalue weighted by Crippen LogP contribution is 2.05. The molecule has 0 unspecified atom stereocenters. The van der Waals surface area contributed by atoms with Crippen LogP contribution < -0.4 is 0 Å². The summed E-state index contributed by atoms with van der Waals surface area (Å²) in [5.41, 5.74) is 2.19. The number of rotatable bonds is 7. The molecule has 1 saturated heterocycles. The SMILES string of the molecule is Cc1cc(C)n(CCCC(=O)N(C)CCN2CCOCC2)n1. The van der Waals surface area contributed by atoms with Crippen molar-refractivity contribution >= 4 is 5.91 Å². The van der Waals surface area contributed by atoms with E-state index in [9.17, 15) is 4.79 Å². The second-order valence-electron chi connectivity index (χ2n) is 6.02. The van der Waals surface area contributed by atoms with Gasteiger partial charge in [-0.25, -0.2) is 0 Å². The smallest absolute Gasteiger partial charge is 0.222 e. The number of morpholine rings is 1. The average Bonchev–Trinajstić information content (AvgIpc) is 2.83. The molecule has 1 aromatic rings. The number of aryl methyl sites for hydroxylation is 3. The molecule has 0 atom stereocenters. The summed E-state index contributed by atoms with van der Waals surface area (Å²) >= 11 is 0. The molecule has 1 aliphatic rings. The third-order valence-electron chi connectivity index (χ3n) is 4.15. The Morgan fingerprint density at radius 1 is 1.32 bits per heavy atom. The van der Waals surface area contributed by atoms with Crippen molar-refractivity contribution in [1.82, 2.24) is 19.6 Å². The maximum atomic E-state index is 12.1. The minimum atomic E-state index is 0.217. The van der Waals surface area contributed by atoms with Crippen LogP contribution in [0, 0.1) is 13.8 Å². The Labute approximate surface area is 133 Å². The molecule has 6 nitrogen and oxygen atoms in total. The second kappa shape index (κ2) is 8.29. The van der Waals surface area contributed by atoms with E-state index in [-0.39, 0.29) is 5.91 Å². The predicted molar refractivity (Wildman–Crippen MR) is 85.8 cm³/mol. The van der Waals surface area contributed by atoms with Crippen LogP contribution in [0.2, 0.25) is 0 Å². The summed E-state index contributed by atoms with van der Waals surface area (Å²) in [6.07, 6.45) is 1.42. The van der Waals surface area contributed by atoms with Crippen molar-refractivity contribution in [3.05, 3.63) is 17.5 Å². The Morgan fingerprint density at radius 3 is 2.68 bits per heavy atom. The van der Waals surface area contributed by atoms with E-state index in [0.717, 1.165) is 63.7 Å². The molecule has 0 aromatic carbocycles. The number of nitrogens with zero attached hydrogens (tertiary/aromatic N) is 4. The van der Waals surface area contributed by atoms with Crippen molar-refractivity contribution in [3.8, 4) is 0 Å². The van der Waals surface area contributed by atoms with Crippen LogP contribution >= 0.6 is 0 Å². The predicted octanol–water partition coefficient (Wildman–Crippen LogP) is 1.07. The van der Waals surface area contributed by atoms with E-state index in [2.05, 4.69) is 23.0 Å². The van der Waals surface area contributed by atoms with E-state index in [4.69, 9.17) is 4.74 Å². The van der Waals surface area contributed by atoms with E-state index < -0.39 is 0 Å². The van der Waals surface area contributed by atoms with Crippen LogP contribution in [-0.4, -0.2) is 71.9 Å². The average molecular weight is 308 g/mol. The molecule has 22 heavy (non-hydrogen) atoms. The molecule has 1 aromatic heterocycles. The molecule has 1 aliphatic heterocycles. The van der Waals surface area contributed by atoms with E-state index >= 15 is 0 Å². The fraction of sp³-hybridized carbons (Fsp3) is 0.750. The van der Waals surface area contributed by atoms with E-state index in [1.807, 2.05) is 23.6 Å². The third kappa shape index (κ3) is 5.10. The lowest BCUT2D eigenvalue weighted by molar-refractivity contribution is -0.130. The Kier molecular flexibility index (Phi) is 6.39. The maximum Gasteiger partial charge on any atom is 0.222 e. The van der Waals surface area contributed by atoms with Crippen LogP contribution in [0.4, 0.5) is 0 Å². The fourth-order valence-electron chi connectivity index (χ4n) is 2.71. The minimum Gasteiger partial charge on any atom is -0.379 e. The van der Waals surface area contributed by atoms with Crippen LogP contribution in [0.3, 0.4) is 0 Å². The summed E-state index contributed by atoms with van der Waals surface area (Å²) < 4.78 is 7.31. The molecule has 0 bridgehead atoms. The largest absolute Gasteiger partial charge is 0.379 e. The molecule has 1 amide bonds. The van der Waals surface area contributed by atoms with Gasteiger partial charge in [0.15, 0.2) is 0 Å². The fourth-order valence-corrected chi connectivity index (χ4v) is 2.71. The lowest BCUT2D eigenvalue weighted by Crippen LogP contribution is -2.41. The Hall–Kier alpha value is -1.40. The first kappa shape index (κ1) is 17.0. The van der Waals surface area contributed by atoms with Gasteiger partial charge in [-0.15, -0.1) is 0 Å². The summed E-state index contributed by atoms with van der Waals surface area (Å²) in [6, 6.07) is 2.07. The molecule has 124 valence electrons. The number of hydrogen-bond donors (Lipinski definition) is 0. The van der Waals surface area contributed by atoms with Crippen molar-refractivity contribution in [2.24, 2.45) is 0 Å². The number of likely N-dealkylation sites (N-methyl/N-ethyl adjacent to an activating group) is 1. The maximum absolute atomic E-state index is 12.1. The molecule has 0 N–H and O–H groups in total. The monoisotopic (exact) mass is 308 g/mol. The van der Waals surface area contributed by atoms with Gasteiger partial charge in [0, 0.05) is 51.9 Å². The molecule has 0 saturated carbocycles. The number of carbonyl (C=O) groups excluding carboxylic acids is 1. The Bertz CT molecular complexity index is 480. The van der Waals surface area contributed by atoms with Crippen LogP contribution in [0.25, 0.3) is 0 Å². The van der Waals surface area contributed by atoms with Gasteiger partial charge in [0.25, 0.3) is 0 Å². The zero-order valence-corrected chi connectivity index (χ0v) is 14.0. The van der Waals surface area contributed by atoms with Gasteiger partial charge in [-0.2, -0.15) is 5.10 Å². The lowest BCUT2D eigenvalue weighted by atomic mass is 10.2. The summed E-state index contributed by atoms with van der Waals surface area (Å²) in [5.74, 6) is 0.217. The Morgan fingerprint density at radius 2 is 2.05 bits per heavy atom. The summed E-state index contributed by atoms with van der Waals surface area (Å²) in [5, 5.41) is 4.42. The van der Waals surface area contributed by atoms with E-state index in [0.29, 0.717) is 6.42 Å². The third-order valence-corrected chi connectivity index (χ3v) is 4.15. The molecule has 0 spiro atoms. The summed E-state index contributed by atoms with van der Waals surface area (Å²) in [7, 11) is 1.89. The molecular formula is C16H28N4O2. The summed E-state index contributed by atoms with van der Waals surface area (Å²) in [4.78, 5) is 16.3. The highest BCUT2D eigenvalue weighted by Gasteiger charge is 2.13. The molecular weight excluding hydrogens is 280 g/mol.